The van der Waals surface area contributed by atoms with Gasteiger partial charge in [0.1, 0.15) is 5.82 Å². The summed E-state index contributed by atoms with van der Waals surface area (Å²) in [6.07, 6.45) is 0.525. The van der Waals surface area contributed by atoms with Crippen LogP contribution in [0.25, 0.3) is 0 Å². The third kappa shape index (κ3) is 1.93. The quantitative estimate of drug-likeness (QED) is 0.657. The third-order valence-corrected chi connectivity index (χ3v) is 1.29. The molecule has 0 unspecified atom stereocenters. The van der Waals surface area contributed by atoms with Gasteiger partial charge in [-0.1, -0.05) is 6.92 Å². The van der Waals surface area contributed by atoms with E-state index in [4.69, 9.17) is 0 Å². The fourth-order valence-electron chi connectivity index (χ4n) is 0.660. The van der Waals surface area contributed by atoms with Crippen LogP contribution in [0, 0.1) is 0 Å². The standard InChI is InChI=1S/C7H8F2N2/c1-2-6-10-3-5(4-11-6)7(8)9/h3-4,7H,2H2,1H3. The van der Waals surface area contributed by atoms with Gasteiger partial charge < -0.3 is 0 Å². The molecule has 0 atom stereocenters. The largest absolute Gasteiger partial charge is 0.266 e. The Hall–Kier alpha value is -1.06. The maximum atomic E-state index is 11.9. The molecule has 1 aromatic rings. The Kier molecular flexibility index (Phi) is 2.46. The molecule has 0 aromatic carbocycles. The molecule has 0 aliphatic carbocycles. The Bertz CT molecular complexity index is 220. The summed E-state index contributed by atoms with van der Waals surface area (Å²) < 4.78 is 23.8. The van der Waals surface area contributed by atoms with Crippen LogP contribution in [0.2, 0.25) is 0 Å². The summed E-state index contributed by atoms with van der Waals surface area (Å²) in [6.45, 7) is 1.87. The molecule has 2 nitrogen and oxygen atoms in total. The minimum Gasteiger partial charge on any atom is -0.241 e. The van der Waals surface area contributed by atoms with Crippen LogP contribution in [-0.4, -0.2) is 9.97 Å². The van der Waals surface area contributed by atoms with Crippen molar-refractivity contribution in [2.45, 2.75) is 19.8 Å². The van der Waals surface area contributed by atoms with Crippen molar-refractivity contribution < 1.29 is 8.78 Å². The molecule has 0 spiro atoms. The van der Waals surface area contributed by atoms with Crippen molar-refractivity contribution in [1.29, 1.82) is 0 Å². The highest BCUT2D eigenvalue weighted by Gasteiger charge is 2.06. The molecule has 0 radical (unpaired) electrons. The number of nitrogens with zero attached hydrogens (tertiary/aromatic N) is 2. The van der Waals surface area contributed by atoms with Gasteiger partial charge in [0.25, 0.3) is 6.43 Å². The van der Waals surface area contributed by atoms with Gasteiger partial charge >= 0.3 is 0 Å². The van der Waals surface area contributed by atoms with E-state index in [1.54, 1.807) is 0 Å². The molecule has 0 aliphatic heterocycles. The number of rotatable bonds is 2. The first-order chi connectivity index (χ1) is 5.24. The molecular weight excluding hydrogens is 150 g/mol. The van der Waals surface area contributed by atoms with Gasteiger partial charge in [0.15, 0.2) is 0 Å². The van der Waals surface area contributed by atoms with E-state index in [0.717, 1.165) is 12.4 Å². The molecule has 0 bridgehead atoms. The first-order valence-electron chi connectivity index (χ1n) is 3.33. The predicted molar refractivity (Wildman–Crippen MR) is 36.4 cm³/mol. The van der Waals surface area contributed by atoms with Gasteiger partial charge in [0.2, 0.25) is 0 Å². The first-order valence-corrected chi connectivity index (χ1v) is 3.33. The van der Waals surface area contributed by atoms with Gasteiger partial charge in [-0.3, -0.25) is 0 Å². The number of alkyl halides is 2. The molecular formula is C7H8F2N2. The first kappa shape index (κ1) is 8.04. The molecule has 11 heavy (non-hydrogen) atoms. The molecule has 0 N–H and O–H groups in total. The molecule has 1 aromatic heterocycles. The lowest BCUT2D eigenvalue weighted by molar-refractivity contribution is 0.150. The van der Waals surface area contributed by atoms with E-state index in [0.29, 0.717) is 12.2 Å². The van der Waals surface area contributed by atoms with Crippen molar-refractivity contribution in [3.63, 3.8) is 0 Å². The predicted octanol–water partition coefficient (Wildman–Crippen LogP) is 1.98. The minimum absolute atomic E-state index is 0.123. The van der Waals surface area contributed by atoms with Crippen LogP contribution in [0.15, 0.2) is 12.4 Å². The fraction of sp³-hybridized carbons (Fsp3) is 0.429. The highest BCUT2D eigenvalue weighted by atomic mass is 19.3. The second-order valence-electron chi connectivity index (χ2n) is 2.09. The van der Waals surface area contributed by atoms with Crippen LogP contribution >= 0.6 is 0 Å². The van der Waals surface area contributed by atoms with Gasteiger partial charge in [-0.25, -0.2) is 18.7 Å². The Morgan fingerprint density at radius 2 is 1.91 bits per heavy atom. The molecule has 60 valence electrons. The zero-order chi connectivity index (χ0) is 8.27. The number of halogens is 2. The average molecular weight is 158 g/mol. The molecule has 0 amide bonds. The van der Waals surface area contributed by atoms with E-state index >= 15 is 0 Å². The fourth-order valence-corrected chi connectivity index (χ4v) is 0.660. The van der Waals surface area contributed by atoms with Gasteiger partial charge in [-0.2, -0.15) is 0 Å². The van der Waals surface area contributed by atoms with Crippen molar-refractivity contribution in [2.75, 3.05) is 0 Å². The van der Waals surface area contributed by atoms with Crippen LogP contribution < -0.4 is 0 Å². The van der Waals surface area contributed by atoms with Crippen molar-refractivity contribution in [3.8, 4) is 0 Å². The second-order valence-corrected chi connectivity index (χ2v) is 2.09. The monoisotopic (exact) mass is 158 g/mol. The van der Waals surface area contributed by atoms with E-state index < -0.39 is 6.43 Å². The topological polar surface area (TPSA) is 25.8 Å². The van der Waals surface area contributed by atoms with Crippen molar-refractivity contribution >= 4 is 0 Å². The SMILES string of the molecule is CCc1ncc(C(F)F)cn1. The number of aromatic nitrogens is 2. The van der Waals surface area contributed by atoms with Crippen molar-refractivity contribution in [1.82, 2.24) is 9.97 Å². The summed E-state index contributed by atoms with van der Waals surface area (Å²) in [5.74, 6) is 0.592. The van der Waals surface area contributed by atoms with E-state index in [1.807, 2.05) is 6.92 Å². The average Bonchev–Trinajstić information content (AvgIpc) is 2.05. The molecule has 1 heterocycles. The summed E-state index contributed by atoms with van der Waals surface area (Å²) in [5.41, 5.74) is -0.123. The Morgan fingerprint density at radius 3 is 2.27 bits per heavy atom. The number of hydrogen-bond acceptors (Lipinski definition) is 2. The zero-order valence-corrected chi connectivity index (χ0v) is 6.09. The maximum absolute atomic E-state index is 11.9. The smallest absolute Gasteiger partial charge is 0.241 e. The number of hydrogen-bond donors (Lipinski definition) is 0. The lowest BCUT2D eigenvalue weighted by atomic mass is 10.3. The van der Waals surface area contributed by atoms with Crippen LogP contribution in [0.4, 0.5) is 8.78 Å². The van der Waals surface area contributed by atoms with Gasteiger partial charge in [0, 0.05) is 18.8 Å². The highest BCUT2D eigenvalue weighted by Crippen LogP contribution is 2.15. The van der Waals surface area contributed by atoms with Gasteiger partial charge in [-0.05, 0) is 0 Å². The van der Waals surface area contributed by atoms with Crippen LogP contribution in [-0.2, 0) is 6.42 Å². The van der Waals surface area contributed by atoms with Crippen molar-refractivity contribution in [3.05, 3.63) is 23.8 Å². The van der Waals surface area contributed by atoms with E-state index in [9.17, 15) is 8.78 Å². The molecule has 4 heteroatoms. The van der Waals surface area contributed by atoms with Gasteiger partial charge in [0.05, 0.1) is 5.56 Å². The maximum Gasteiger partial charge on any atom is 0.266 e. The second kappa shape index (κ2) is 3.37. The number of aryl methyl sites for hydroxylation is 1. The molecule has 1 rings (SSSR count). The lowest BCUT2D eigenvalue weighted by Gasteiger charge is -1.97. The zero-order valence-electron chi connectivity index (χ0n) is 6.09. The van der Waals surface area contributed by atoms with Gasteiger partial charge in [-0.15, -0.1) is 0 Å². The summed E-state index contributed by atoms with van der Waals surface area (Å²) in [4.78, 5) is 7.45. The Morgan fingerprint density at radius 1 is 1.36 bits per heavy atom. The van der Waals surface area contributed by atoms with Crippen LogP contribution in [0.3, 0.4) is 0 Å². The summed E-state index contributed by atoms with van der Waals surface area (Å²) in [6, 6.07) is 0. The third-order valence-electron chi connectivity index (χ3n) is 1.29. The lowest BCUT2D eigenvalue weighted by Crippen LogP contribution is -1.94. The summed E-state index contributed by atoms with van der Waals surface area (Å²) in [5, 5.41) is 0. The summed E-state index contributed by atoms with van der Waals surface area (Å²) >= 11 is 0. The highest BCUT2D eigenvalue weighted by molar-refractivity contribution is 5.06. The minimum atomic E-state index is -2.47. The summed E-state index contributed by atoms with van der Waals surface area (Å²) in [7, 11) is 0. The Labute approximate surface area is 63.3 Å². The van der Waals surface area contributed by atoms with Crippen LogP contribution in [0.5, 0.6) is 0 Å². The Balaban J connectivity index is 2.83. The normalized spacial score (nSPS) is 10.5. The van der Waals surface area contributed by atoms with E-state index in [1.165, 1.54) is 0 Å². The molecule has 0 saturated carbocycles. The van der Waals surface area contributed by atoms with Crippen molar-refractivity contribution in [2.24, 2.45) is 0 Å². The van der Waals surface area contributed by atoms with Crippen LogP contribution in [0.1, 0.15) is 24.7 Å². The molecule has 0 saturated heterocycles. The molecule has 0 aliphatic rings. The van der Waals surface area contributed by atoms with E-state index in [2.05, 4.69) is 9.97 Å². The molecule has 0 fully saturated rings. The van der Waals surface area contributed by atoms with E-state index in [-0.39, 0.29) is 5.56 Å².